The third-order valence-electron chi connectivity index (χ3n) is 2.35. The molecule has 0 saturated heterocycles. The maximum absolute atomic E-state index is 12.5. The Morgan fingerprint density at radius 1 is 1.47 bits per heavy atom. The molecule has 1 atom stereocenters. The average molecular weight is 247 g/mol. The van der Waals surface area contributed by atoms with Crippen LogP contribution in [0, 0.1) is 6.92 Å². The molecule has 0 aromatic carbocycles. The van der Waals surface area contributed by atoms with Gasteiger partial charge in [0, 0.05) is 6.20 Å². The van der Waals surface area contributed by atoms with Crippen LogP contribution < -0.4 is 11.1 Å². The Labute approximate surface area is 96.0 Å². The summed E-state index contributed by atoms with van der Waals surface area (Å²) in [4.78, 5) is 15.2. The van der Waals surface area contributed by atoms with Crippen LogP contribution in [0.15, 0.2) is 18.5 Å². The molecule has 0 aliphatic rings. The Bertz CT molecular complexity index is 429. The summed E-state index contributed by atoms with van der Waals surface area (Å²) in [5, 5.41) is 2.11. The molecule has 3 N–H and O–H groups in total. The molecule has 1 aromatic heterocycles. The van der Waals surface area contributed by atoms with Crippen LogP contribution in [0.5, 0.6) is 0 Å². The van der Waals surface area contributed by atoms with Crippen molar-refractivity contribution in [3.8, 4) is 0 Å². The van der Waals surface area contributed by atoms with E-state index in [9.17, 15) is 18.0 Å². The lowest BCUT2D eigenvalue weighted by Crippen LogP contribution is -2.59. The quantitative estimate of drug-likeness (QED) is 0.834. The van der Waals surface area contributed by atoms with E-state index < -0.39 is 17.6 Å². The fourth-order valence-electron chi connectivity index (χ4n) is 0.976. The van der Waals surface area contributed by atoms with Gasteiger partial charge in [-0.15, -0.1) is 0 Å². The van der Waals surface area contributed by atoms with Gasteiger partial charge in [-0.1, -0.05) is 0 Å². The van der Waals surface area contributed by atoms with Crippen molar-refractivity contribution in [2.24, 2.45) is 5.73 Å². The molecule has 0 aliphatic carbocycles. The largest absolute Gasteiger partial charge is 0.415 e. The predicted molar refractivity (Wildman–Crippen MR) is 56.3 cm³/mol. The second kappa shape index (κ2) is 4.33. The zero-order valence-electron chi connectivity index (χ0n) is 9.30. The van der Waals surface area contributed by atoms with Gasteiger partial charge in [-0.25, -0.2) is 0 Å². The molecule has 4 nitrogen and oxygen atoms in total. The van der Waals surface area contributed by atoms with Gasteiger partial charge < -0.3 is 11.1 Å². The highest BCUT2D eigenvalue weighted by Gasteiger charge is 2.54. The number of nitrogens with one attached hydrogen (secondary N) is 1. The van der Waals surface area contributed by atoms with Crippen LogP contribution in [-0.2, 0) is 4.79 Å². The first-order chi connectivity index (χ1) is 7.66. The van der Waals surface area contributed by atoms with Gasteiger partial charge in [0.05, 0.1) is 11.9 Å². The molecule has 0 aliphatic heterocycles. The van der Waals surface area contributed by atoms with E-state index in [0.29, 0.717) is 12.5 Å². The topological polar surface area (TPSA) is 68.0 Å². The van der Waals surface area contributed by atoms with Crippen molar-refractivity contribution < 1.29 is 18.0 Å². The standard InChI is InChI=1S/C10H12F3N3O/c1-6-3-4-15-5-7(6)16-8(17)9(2,14)10(11,12)13/h3-5H,14H2,1-2H3,(H,16,17). The monoisotopic (exact) mass is 247 g/mol. The lowest BCUT2D eigenvalue weighted by molar-refractivity contribution is -0.184. The number of aromatic nitrogens is 1. The predicted octanol–water partition coefficient (Wildman–Crippen LogP) is 1.61. The summed E-state index contributed by atoms with van der Waals surface area (Å²) in [5.74, 6) is -1.32. The van der Waals surface area contributed by atoms with Crippen LogP contribution in [0.25, 0.3) is 0 Å². The van der Waals surface area contributed by atoms with E-state index in [-0.39, 0.29) is 5.69 Å². The Hall–Kier alpha value is -1.63. The number of nitrogens with two attached hydrogens (primary N) is 1. The molecule has 1 aromatic rings. The highest BCUT2D eigenvalue weighted by Crippen LogP contribution is 2.29. The van der Waals surface area contributed by atoms with Crippen molar-refractivity contribution in [2.45, 2.75) is 25.6 Å². The number of aryl methyl sites for hydroxylation is 1. The number of carbonyl (C=O) groups excluding carboxylic acids is 1. The summed E-state index contributed by atoms with van der Waals surface area (Å²) in [5.41, 5.74) is 2.85. The van der Waals surface area contributed by atoms with Crippen molar-refractivity contribution in [1.29, 1.82) is 0 Å². The zero-order chi connectivity index (χ0) is 13.3. The molecular weight excluding hydrogens is 235 g/mol. The highest BCUT2D eigenvalue weighted by molar-refractivity contribution is 5.98. The first kappa shape index (κ1) is 13.4. The van der Waals surface area contributed by atoms with Crippen molar-refractivity contribution >= 4 is 11.6 Å². The van der Waals surface area contributed by atoms with Gasteiger partial charge in [0.1, 0.15) is 0 Å². The summed E-state index contributed by atoms with van der Waals surface area (Å²) in [6.45, 7) is 2.26. The number of amides is 1. The number of anilines is 1. The molecule has 1 amide bonds. The number of carbonyl (C=O) groups is 1. The molecule has 0 fully saturated rings. The molecule has 0 bridgehead atoms. The number of nitrogens with zero attached hydrogens (tertiary/aromatic N) is 1. The first-order valence-electron chi connectivity index (χ1n) is 4.74. The van der Waals surface area contributed by atoms with Crippen LogP contribution in [0.3, 0.4) is 0 Å². The van der Waals surface area contributed by atoms with E-state index in [2.05, 4.69) is 10.3 Å². The summed E-state index contributed by atoms with van der Waals surface area (Å²) in [6.07, 6.45) is -2.08. The van der Waals surface area contributed by atoms with Gasteiger partial charge in [0.15, 0.2) is 5.54 Å². The third kappa shape index (κ3) is 2.73. The molecule has 17 heavy (non-hydrogen) atoms. The van der Waals surface area contributed by atoms with E-state index in [4.69, 9.17) is 5.73 Å². The average Bonchev–Trinajstić information content (AvgIpc) is 2.19. The molecule has 0 spiro atoms. The Morgan fingerprint density at radius 2 is 2.06 bits per heavy atom. The van der Waals surface area contributed by atoms with E-state index in [1.54, 1.807) is 13.0 Å². The second-order valence-electron chi connectivity index (χ2n) is 3.84. The lowest BCUT2D eigenvalue weighted by Gasteiger charge is -2.26. The van der Waals surface area contributed by atoms with Gasteiger partial charge in [-0.05, 0) is 25.5 Å². The summed E-state index contributed by atoms with van der Waals surface area (Å²) >= 11 is 0. The van der Waals surface area contributed by atoms with Crippen molar-refractivity contribution in [3.05, 3.63) is 24.0 Å². The normalized spacial score (nSPS) is 15.2. The number of rotatable bonds is 2. The molecule has 1 unspecified atom stereocenters. The van der Waals surface area contributed by atoms with Crippen LogP contribution in [0.4, 0.5) is 18.9 Å². The molecule has 94 valence electrons. The molecular formula is C10H12F3N3O. The summed E-state index contributed by atoms with van der Waals surface area (Å²) in [6, 6.07) is 1.57. The van der Waals surface area contributed by atoms with Gasteiger partial charge in [-0.2, -0.15) is 13.2 Å². The minimum absolute atomic E-state index is 0.207. The van der Waals surface area contributed by atoms with Crippen molar-refractivity contribution in [1.82, 2.24) is 4.98 Å². The molecule has 7 heteroatoms. The number of hydrogen-bond acceptors (Lipinski definition) is 3. The maximum Gasteiger partial charge on any atom is 0.415 e. The number of pyridine rings is 1. The van der Waals surface area contributed by atoms with Gasteiger partial charge >= 0.3 is 6.18 Å². The molecule has 0 radical (unpaired) electrons. The second-order valence-corrected chi connectivity index (χ2v) is 3.84. The fourth-order valence-corrected chi connectivity index (χ4v) is 0.976. The van der Waals surface area contributed by atoms with Crippen LogP contribution in [-0.4, -0.2) is 22.6 Å². The highest BCUT2D eigenvalue weighted by atomic mass is 19.4. The summed E-state index contributed by atoms with van der Waals surface area (Å²) in [7, 11) is 0. The molecule has 1 heterocycles. The fraction of sp³-hybridized carbons (Fsp3) is 0.400. The number of hydrogen-bond donors (Lipinski definition) is 2. The SMILES string of the molecule is Cc1ccncc1NC(=O)C(C)(N)C(F)(F)F. The van der Waals surface area contributed by atoms with Crippen molar-refractivity contribution in [2.75, 3.05) is 5.32 Å². The van der Waals surface area contributed by atoms with Gasteiger partial charge in [-0.3, -0.25) is 9.78 Å². The Morgan fingerprint density at radius 3 is 2.53 bits per heavy atom. The van der Waals surface area contributed by atoms with Crippen LogP contribution in [0.1, 0.15) is 12.5 Å². The summed E-state index contributed by atoms with van der Waals surface area (Å²) < 4.78 is 37.5. The Balaban J connectivity index is 2.91. The molecule has 0 saturated carbocycles. The number of alkyl halides is 3. The van der Waals surface area contributed by atoms with E-state index in [1.165, 1.54) is 12.4 Å². The molecule has 1 rings (SSSR count). The van der Waals surface area contributed by atoms with E-state index in [0.717, 1.165) is 0 Å². The lowest BCUT2D eigenvalue weighted by atomic mass is 10.0. The van der Waals surface area contributed by atoms with E-state index in [1.807, 2.05) is 0 Å². The number of halogens is 3. The minimum atomic E-state index is -4.81. The zero-order valence-corrected chi connectivity index (χ0v) is 9.30. The van der Waals surface area contributed by atoms with Gasteiger partial charge in [0.2, 0.25) is 0 Å². The van der Waals surface area contributed by atoms with E-state index >= 15 is 0 Å². The van der Waals surface area contributed by atoms with Crippen LogP contribution >= 0.6 is 0 Å². The minimum Gasteiger partial charge on any atom is -0.323 e. The van der Waals surface area contributed by atoms with Gasteiger partial charge in [0.25, 0.3) is 5.91 Å². The van der Waals surface area contributed by atoms with Crippen molar-refractivity contribution in [3.63, 3.8) is 0 Å². The Kier molecular flexibility index (Phi) is 3.42. The first-order valence-corrected chi connectivity index (χ1v) is 4.74. The smallest absolute Gasteiger partial charge is 0.323 e. The van der Waals surface area contributed by atoms with Crippen LogP contribution in [0.2, 0.25) is 0 Å². The maximum atomic E-state index is 12.5. The third-order valence-corrected chi connectivity index (χ3v) is 2.35.